The highest BCUT2D eigenvalue weighted by Gasteiger charge is 2.10. The van der Waals surface area contributed by atoms with Gasteiger partial charge in [-0.05, 0) is 6.42 Å². The fourth-order valence-corrected chi connectivity index (χ4v) is 0.967. The van der Waals surface area contributed by atoms with E-state index >= 15 is 0 Å². The molecule has 8 heteroatoms. The molecule has 0 aliphatic carbocycles. The number of esters is 4. The van der Waals surface area contributed by atoms with Crippen LogP contribution in [0.5, 0.6) is 0 Å². The number of methoxy groups -OCH3 is 2. The van der Waals surface area contributed by atoms with E-state index in [0.29, 0.717) is 0 Å². The molecule has 112 valence electrons. The molecular weight excluding hydrogens is 272 g/mol. The van der Waals surface area contributed by atoms with E-state index in [2.05, 4.69) is 18.9 Å². The summed E-state index contributed by atoms with van der Waals surface area (Å²) in [5, 5.41) is 0. The van der Waals surface area contributed by atoms with Crippen LogP contribution in [0.25, 0.3) is 0 Å². The average molecular weight is 288 g/mol. The van der Waals surface area contributed by atoms with Crippen molar-refractivity contribution in [2.45, 2.75) is 12.8 Å². The van der Waals surface area contributed by atoms with E-state index in [1.54, 1.807) is 0 Å². The largest absolute Gasteiger partial charge is 0.466 e. The highest BCUT2D eigenvalue weighted by atomic mass is 16.6. The van der Waals surface area contributed by atoms with E-state index in [4.69, 9.17) is 0 Å². The first kappa shape index (κ1) is 17.8. The molecule has 0 heterocycles. The van der Waals surface area contributed by atoms with Crippen LogP contribution in [0.15, 0.2) is 12.2 Å². The van der Waals surface area contributed by atoms with Gasteiger partial charge in [0.1, 0.15) is 6.61 Å². The van der Waals surface area contributed by atoms with Crippen LogP contribution >= 0.6 is 0 Å². The van der Waals surface area contributed by atoms with Crippen molar-refractivity contribution in [1.29, 1.82) is 0 Å². The predicted molar refractivity (Wildman–Crippen MR) is 64.3 cm³/mol. The Labute approximate surface area is 115 Å². The van der Waals surface area contributed by atoms with Crippen LogP contribution in [0.2, 0.25) is 0 Å². The molecule has 0 saturated carbocycles. The number of hydrogen-bond acceptors (Lipinski definition) is 8. The van der Waals surface area contributed by atoms with E-state index in [9.17, 15) is 19.2 Å². The standard InChI is InChI=1S/C12H16O8/c1-17-8-12(16)20-11(15)4-3-7-19-10(14)6-5-9(13)18-2/h5-6H,3-4,7-8H2,1-2H3. The molecule has 0 spiro atoms. The molecular formula is C12H16O8. The van der Waals surface area contributed by atoms with Crippen molar-refractivity contribution in [3.63, 3.8) is 0 Å². The molecule has 0 N–H and O–H groups in total. The van der Waals surface area contributed by atoms with Gasteiger partial charge in [-0.1, -0.05) is 0 Å². The zero-order valence-corrected chi connectivity index (χ0v) is 11.2. The third-order valence-corrected chi connectivity index (χ3v) is 1.82. The molecule has 0 aromatic rings. The van der Waals surface area contributed by atoms with Gasteiger partial charge >= 0.3 is 23.9 Å². The Bertz CT molecular complexity index is 385. The third-order valence-electron chi connectivity index (χ3n) is 1.82. The van der Waals surface area contributed by atoms with Gasteiger partial charge in [-0.3, -0.25) is 4.79 Å². The van der Waals surface area contributed by atoms with Gasteiger partial charge < -0.3 is 18.9 Å². The number of carbonyl (C=O) groups excluding carboxylic acids is 4. The molecule has 0 fully saturated rings. The minimum Gasteiger partial charge on any atom is -0.466 e. The van der Waals surface area contributed by atoms with Crippen molar-refractivity contribution in [2.75, 3.05) is 27.4 Å². The molecule has 0 aromatic heterocycles. The van der Waals surface area contributed by atoms with Crippen LogP contribution in [-0.2, 0) is 38.1 Å². The van der Waals surface area contributed by atoms with E-state index in [0.717, 1.165) is 12.2 Å². The van der Waals surface area contributed by atoms with E-state index < -0.39 is 23.9 Å². The van der Waals surface area contributed by atoms with Crippen LogP contribution in [-0.4, -0.2) is 51.3 Å². The summed E-state index contributed by atoms with van der Waals surface area (Å²) in [7, 11) is 2.47. The monoisotopic (exact) mass is 288 g/mol. The average Bonchev–Trinajstić information content (AvgIpc) is 2.41. The van der Waals surface area contributed by atoms with E-state index in [-0.39, 0.29) is 26.1 Å². The van der Waals surface area contributed by atoms with Gasteiger partial charge in [-0.2, -0.15) is 0 Å². The number of ether oxygens (including phenoxy) is 4. The van der Waals surface area contributed by atoms with E-state index in [1.165, 1.54) is 14.2 Å². The lowest BCUT2D eigenvalue weighted by Gasteiger charge is -2.03. The van der Waals surface area contributed by atoms with Gasteiger partial charge in [0, 0.05) is 25.7 Å². The third kappa shape index (κ3) is 9.77. The highest BCUT2D eigenvalue weighted by Crippen LogP contribution is 1.96. The Hall–Kier alpha value is -2.22. The smallest absolute Gasteiger partial charge is 0.339 e. The second-order valence-electron chi connectivity index (χ2n) is 3.41. The molecule has 8 nitrogen and oxygen atoms in total. The number of hydrogen-bond donors (Lipinski definition) is 0. The minimum atomic E-state index is -0.782. The Morgan fingerprint density at radius 1 is 0.950 bits per heavy atom. The zero-order valence-electron chi connectivity index (χ0n) is 11.2. The summed E-state index contributed by atoms with van der Waals surface area (Å²) >= 11 is 0. The molecule has 0 aliphatic rings. The second-order valence-corrected chi connectivity index (χ2v) is 3.41. The molecule has 0 radical (unpaired) electrons. The van der Waals surface area contributed by atoms with Gasteiger partial charge in [-0.15, -0.1) is 0 Å². The van der Waals surface area contributed by atoms with Gasteiger partial charge in [0.15, 0.2) is 0 Å². The quantitative estimate of drug-likeness (QED) is 0.198. The van der Waals surface area contributed by atoms with Crippen molar-refractivity contribution < 1.29 is 38.1 Å². The Morgan fingerprint density at radius 2 is 1.60 bits per heavy atom. The fourth-order valence-electron chi connectivity index (χ4n) is 0.967. The lowest BCUT2D eigenvalue weighted by molar-refractivity contribution is -0.162. The number of carbonyl (C=O) groups is 4. The van der Waals surface area contributed by atoms with Crippen molar-refractivity contribution in [3.8, 4) is 0 Å². The van der Waals surface area contributed by atoms with Gasteiger partial charge in [0.25, 0.3) is 0 Å². The summed E-state index contributed by atoms with van der Waals surface area (Å²) in [4.78, 5) is 43.7. The SMILES string of the molecule is COCC(=O)OC(=O)CCCOC(=O)C=CC(=O)OC. The van der Waals surface area contributed by atoms with Crippen molar-refractivity contribution in [1.82, 2.24) is 0 Å². The molecule has 20 heavy (non-hydrogen) atoms. The first-order valence-electron chi connectivity index (χ1n) is 5.64. The fraction of sp³-hybridized carbons (Fsp3) is 0.500. The summed E-state index contributed by atoms with van der Waals surface area (Å²) in [5.74, 6) is -2.93. The first-order valence-corrected chi connectivity index (χ1v) is 5.64. The Balaban J connectivity index is 3.73. The lowest BCUT2D eigenvalue weighted by Crippen LogP contribution is -2.17. The van der Waals surface area contributed by atoms with Crippen molar-refractivity contribution in [2.24, 2.45) is 0 Å². The van der Waals surface area contributed by atoms with Crippen LogP contribution in [0.4, 0.5) is 0 Å². The minimum absolute atomic E-state index is 0.0437. The van der Waals surface area contributed by atoms with Gasteiger partial charge in [0.2, 0.25) is 0 Å². The normalized spacial score (nSPS) is 10.1. The van der Waals surface area contributed by atoms with Crippen LogP contribution in [0.3, 0.4) is 0 Å². The molecule has 0 aliphatic heterocycles. The number of rotatable bonds is 8. The van der Waals surface area contributed by atoms with E-state index in [1.807, 2.05) is 0 Å². The molecule has 0 atom stereocenters. The summed E-state index contributed by atoms with van der Waals surface area (Å²) < 4.78 is 17.8. The maximum Gasteiger partial charge on any atom is 0.339 e. The molecule has 0 unspecified atom stereocenters. The first-order chi connectivity index (χ1) is 9.49. The topological polar surface area (TPSA) is 105 Å². The molecule has 0 aromatic carbocycles. The van der Waals surface area contributed by atoms with Crippen LogP contribution < -0.4 is 0 Å². The van der Waals surface area contributed by atoms with Crippen molar-refractivity contribution >= 4 is 23.9 Å². The summed E-state index contributed by atoms with van der Waals surface area (Å²) in [5.41, 5.74) is 0. The predicted octanol–water partition coefficient (Wildman–Crippen LogP) is -0.245. The Morgan fingerprint density at radius 3 is 2.20 bits per heavy atom. The summed E-state index contributed by atoms with van der Waals surface area (Å²) in [6.45, 7) is -0.350. The summed E-state index contributed by atoms with van der Waals surface area (Å²) in [6.07, 6.45) is 1.94. The summed E-state index contributed by atoms with van der Waals surface area (Å²) in [6, 6.07) is 0. The zero-order chi connectivity index (χ0) is 15.4. The van der Waals surface area contributed by atoms with Crippen LogP contribution in [0, 0.1) is 0 Å². The van der Waals surface area contributed by atoms with Crippen LogP contribution in [0.1, 0.15) is 12.8 Å². The lowest BCUT2D eigenvalue weighted by atomic mass is 10.3. The molecule has 0 rings (SSSR count). The maximum atomic E-state index is 11.1. The van der Waals surface area contributed by atoms with Gasteiger partial charge in [0.05, 0.1) is 13.7 Å². The molecule has 0 saturated heterocycles. The highest BCUT2D eigenvalue weighted by molar-refractivity contribution is 5.91. The molecule has 0 amide bonds. The second kappa shape index (κ2) is 10.7. The molecule has 0 bridgehead atoms. The van der Waals surface area contributed by atoms with Crippen molar-refractivity contribution in [3.05, 3.63) is 12.2 Å². The van der Waals surface area contributed by atoms with Gasteiger partial charge in [-0.25, -0.2) is 14.4 Å². The maximum absolute atomic E-state index is 11.1. The Kier molecular flexibility index (Phi) is 9.49.